The molecule has 2 rings (SSSR count). The van der Waals surface area contributed by atoms with Crippen LogP contribution in [0.4, 0.5) is 0 Å². The standard InChI is InChI=1S/C18H26N4S4/c1-9-11(3)13-15(21(7)17(23)19(13)5)25-26-16-14(12(4)10-2)20(6)18(24)22(16)8/h9-10H,1-8H3/b11-9+,12-10+. The average molecular weight is 427 g/mol. The molecular weight excluding hydrogens is 400 g/mol. The third kappa shape index (κ3) is 3.56. The largest absolute Gasteiger partial charge is 0.319 e. The van der Waals surface area contributed by atoms with Gasteiger partial charge in [0.25, 0.3) is 0 Å². The fourth-order valence-electron chi connectivity index (χ4n) is 2.83. The van der Waals surface area contributed by atoms with E-state index in [9.17, 15) is 0 Å². The van der Waals surface area contributed by atoms with Gasteiger partial charge in [-0.15, -0.1) is 0 Å². The van der Waals surface area contributed by atoms with Gasteiger partial charge in [0.15, 0.2) is 9.54 Å². The van der Waals surface area contributed by atoms with Gasteiger partial charge in [0.2, 0.25) is 0 Å². The molecule has 0 spiro atoms. The Morgan fingerprint density at radius 1 is 0.692 bits per heavy atom. The van der Waals surface area contributed by atoms with E-state index in [0.717, 1.165) is 19.6 Å². The summed E-state index contributed by atoms with van der Waals surface area (Å²) in [5.41, 5.74) is 4.76. The second-order valence-electron chi connectivity index (χ2n) is 6.22. The number of aromatic nitrogens is 4. The molecule has 8 heteroatoms. The third-order valence-electron chi connectivity index (χ3n) is 4.65. The first-order valence-electron chi connectivity index (χ1n) is 8.29. The number of hydrogen-bond acceptors (Lipinski definition) is 4. The number of allylic oxidation sites excluding steroid dienone is 4. The first-order valence-corrected chi connectivity index (χ1v) is 11.3. The van der Waals surface area contributed by atoms with E-state index < -0.39 is 0 Å². The molecule has 0 unspecified atom stereocenters. The summed E-state index contributed by atoms with van der Waals surface area (Å²) in [6, 6.07) is 0. The predicted octanol–water partition coefficient (Wildman–Crippen LogP) is 6.15. The topological polar surface area (TPSA) is 19.7 Å². The van der Waals surface area contributed by atoms with Crippen LogP contribution in [0.3, 0.4) is 0 Å². The van der Waals surface area contributed by atoms with Crippen molar-refractivity contribution in [3.8, 4) is 0 Å². The maximum absolute atomic E-state index is 5.58. The van der Waals surface area contributed by atoms with Gasteiger partial charge in [0.1, 0.15) is 10.1 Å². The van der Waals surface area contributed by atoms with Crippen LogP contribution < -0.4 is 0 Å². The van der Waals surface area contributed by atoms with E-state index >= 15 is 0 Å². The van der Waals surface area contributed by atoms with Crippen molar-refractivity contribution >= 4 is 57.2 Å². The molecule has 0 fully saturated rings. The number of hydrogen-bond donors (Lipinski definition) is 0. The number of nitrogens with zero attached hydrogens (tertiary/aromatic N) is 4. The molecule has 0 aromatic carbocycles. The van der Waals surface area contributed by atoms with Gasteiger partial charge >= 0.3 is 0 Å². The highest BCUT2D eigenvalue weighted by Crippen LogP contribution is 2.43. The second-order valence-corrected chi connectivity index (χ2v) is 9.06. The number of rotatable bonds is 5. The Balaban J connectivity index is 2.56. The summed E-state index contributed by atoms with van der Waals surface area (Å²) in [4.78, 5) is 0. The monoisotopic (exact) mass is 426 g/mol. The lowest BCUT2D eigenvalue weighted by Gasteiger charge is -2.10. The van der Waals surface area contributed by atoms with E-state index in [0.29, 0.717) is 0 Å². The highest BCUT2D eigenvalue weighted by atomic mass is 33.1. The Morgan fingerprint density at radius 2 is 1.00 bits per heavy atom. The summed E-state index contributed by atoms with van der Waals surface area (Å²) >= 11 is 11.2. The molecule has 26 heavy (non-hydrogen) atoms. The van der Waals surface area contributed by atoms with E-state index in [1.807, 2.05) is 28.2 Å². The minimum Gasteiger partial charge on any atom is -0.319 e. The van der Waals surface area contributed by atoms with Gasteiger partial charge in [-0.05, 0) is 84.9 Å². The third-order valence-corrected chi connectivity index (χ3v) is 8.27. The Morgan fingerprint density at radius 3 is 1.27 bits per heavy atom. The molecule has 0 aliphatic heterocycles. The molecule has 0 radical (unpaired) electrons. The first kappa shape index (κ1) is 21.3. The Hall–Kier alpha value is -0.960. The van der Waals surface area contributed by atoms with Crippen LogP contribution >= 0.6 is 46.0 Å². The van der Waals surface area contributed by atoms with Crippen LogP contribution in [0.5, 0.6) is 0 Å². The maximum atomic E-state index is 5.58. The van der Waals surface area contributed by atoms with Crippen LogP contribution in [0.25, 0.3) is 11.1 Å². The first-order chi connectivity index (χ1) is 12.2. The molecule has 142 valence electrons. The normalized spacial score (nSPS) is 12.9. The lowest BCUT2D eigenvalue weighted by atomic mass is 10.2. The van der Waals surface area contributed by atoms with Gasteiger partial charge in [0.05, 0.1) is 11.4 Å². The molecule has 2 heterocycles. The highest BCUT2D eigenvalue weighted by Gasteiger charge is 2.20. The quantitative estimate of drug-likeness (QED) is 0.422. The summed E-state index contributed by atoms with van der Waals surface area (Å²) in [7, 11) is 11.6. The zero-order valence-corrected chi connectivity index (χ0v) is 19.8. The van der Waals surface area contributed by atoms with Crippen LogP contribution in [0, 0.1) is 9.54 Å². The van der Waals surface area contributed by atoms with Crippen LogP contribution in [-0.2, 0) is 28.2 Å². The van der Waals surface area contributed by atoms with Gasteiger partial charge in [-0.1, -0.05) is 12.2 Å². The van der Waals surface area contributed by atoms with Crippen molar-refractivity contribution in [3.63, 3.8) is 0 Å². The van der Waals surface area contributed by atoms with Gasteiger partial charge in [-0.2, -0.15) is 0 Å². The summed E-state index contributed by atoms with van der Waals surface area (Å²) < 4.78 is 9.94. The molecule has 2 aromatic heterocycles. The highest BCUT2D eigenvalue weighted by molar-refractivity contribution is 8.76. The lowest BCUT2D eigenvalue weighted by Crippen LogP contribution is -1.95. The Bertz CT molecular complexity index is 929. The molecular formula is C18H26N4S4. The van der Waals surface area contributed by atoms with Crippen LogP contribution in [-0.4, -0.2) is 18.3 Å². The van der Waals surface area contributed by atoms with Gasteiger partial charge in [-0.3, -0.25) is 0 Å². The van der Waals surface area contributed by atoms with E-state index in [-0.39, 0.29) is 0 Å². The smallest absolute Gasteiger partial charge is 0.180 e. The molecule has 0 atom stereocenters. The van der Waals surface area contributed by atoms with Gasteiger partial charge in [0, 0.05) is 28.2 Å². The molecule has 0 amide bonds. The summed E-state index contributed by atoms with van der Waals surface area (Å²) in [6.07, 6.45) is 4.25. The molecule has 0 bridgehead atoms. The van der Waals surface area contributed by atoms with Crippen molar-refractivity contribution in [1.82, 2.24) is 18.3 Å². The minimum absolute atomic E-state index is 0.815. The second kappa shape index (κ2) is 8.37. The molecule has 0 saturated heterocycles. The summed E-state index contributed by atoms with van der Waals surface area (Å²) in [5.74, 6) is 0. The van der Waals surface area contributed by atoms with Crippen molar-refractivity contribution in [1.29, 1.82) is 0 Å². The number of imidazole rings is 2. The van der Waals surface area contributed by atoms with Crippen molar-refractivity contribution in [3.05, 3.63) is 33.1 Å². The SMILES string of the molecule is C/C=C(\C)c1c(SSc2c(/C(C)=C/C)n(C)c(=S)n2C)n(C)c(=S)n1C. The molecule has 4 nitrogen and oxygen atoms in total. The van der Waals surface area contributed by atoms with Crippen LogP contribution in [0.2, 0.25) is 0 Å². The minimum atomic E-state index is 0.815. The summed E-state index contributed by atoms with van der Waals surface area (Å²) in [6.45, 7) is 8.36. The maximum Gasteiger partial charge on any atom is 0.180 e. The van der Waals surface area contributed by atoms with Crippen molar-refractivity contribution in [2.45, 2.75) is 37.7 Å². The van der Waals surface area contributed by atoms with Crippen molar-refractivity contribution in [2.24, 2.45) is 28.2 Å². The average Bonchev–Trinajstić information content (AvgIpc) is 2.98. The van der Waals surface area contributed by atoms with E-state index in [4.69, 9.17) is 24.4 Å². The Labute approximate surface area is 174 Å². The zero-order chi connectivity index (χ0) is 19.8. The Kier molecular flexibility index (Phi) is 6.87. The van der Waals surface area contributed by atoms with Gasteiger partial charge in [-0.25, -0.2) is 0 Å². The lowest BCUT2D eigenvalue weighted by molar-refractivity contribution is 0.778. The fourth-order valence-corrected chi connectivity index (χ4v) is 6.24. The van der Waals surface area contributed by atoms with Gasteiger partial charge < -0.3 is 18.3 Å². The van der Waals surface area contributed by atoms with Crippen molar-refractivity contribution in [2.75, 3.05) is 0 Å². The summed E-state index contributed by atoms with van der Waals surface area (Å²) in [5, 5.41) is 2.30. The molecule has 0 N–H and O–H groups in total. The zero-order valence-electron chi connectivity index (χ0n) is 16.6. The molecule has 0 aliphatic carbocycles. The molecule has 0 saturated carbocycles. The van der Waals surface area contributed by atoms with E-state index in [1.54, 1.807) is 21.6 Å². The van der Waals surface area contributed by atoms with E-state index in [1.165, 1.54) is 22.5 Å². The predicted molar refractivity (Wildman–Crippen MR) is 121 cm³/mol. The van der Waals surface area contributed by atoms with Crippen molar-refractivity contribution < 1.29 is 0 Å². The van der Waals surface area contributed by atoms with E-state index in [2.05, 4.69) is 58.1 Å². The molecule has 2 aromatic rings. The molecule has 0 aliphatic rings. The van der Waals surface area contributed by atoms with Crippen LogP contribution in [0.15, 0.2) is 22.2 Å². The van der Waals surface area contributed by atoms with Crippen LogP contribution in [0.1, 0.15) is 39.1 Å². The fraction of sp³-hybridized carbons (Fsp3) is 0.444.